The molecular weight excluding hydrogens is 328 g/mol. The molecule has 0 heterocycles. The lowest BCUT2D eigenvalue weighted by Crippen LogP contribution is -2.42. The first-order valence-electron chi connectivity index (χ1n) is 7.75. The highest BCUT2D eigenvalue weighted by Crippen LogP contribution is 2.65. The van der Waals surface area contributed by atoms with Gasteiger partial charge in [0, 0.05) is 12.1 Å². The van der Waals surface area contributed by atoms with Crippen molar-refractivity contribution in [2.24, 2.45) is 22.5 Å². The number of Topliss-reactive ketones (excluding diaryl/α,β-unsaturated/α-hetero) is 1. The van der Waals surface area contributed by atoms with E-state index in [9.17, 15) is 4.79 Å². The molecule has 0 amide bonds. The predicted molar refractivity (Wildman–Crippen MR) is 98.1 cm³/mol. The molecule has 4 unspecified atom stereocenters. The highest BCUT2D eigenvalue weighted by molar-refractivity contribution is 7.10. The molecule has 0 aromatic heterocycles. The van der Waals surface area contributed by atoms with Crippen molar-refractivity contribution < 1.29 is 13.8 Å². The van der Waals surface area contributed by atoms with E-state index in [1.54, 1.807) is 0 Å². The van der Waals surface area contributed by atoms with Gasteiger partial charge >= 0.3 is 0 Å². The lowest BCUT2D eigenvalue weighted by molar-refractivity contribution is -0.125. The number of hydrogen-bond acceptors (Lipinski definition) is 4. The Morgan fingerprint density at radius 2 is 2.00 bits per heavy atom. The standard InChI is InChI=1S/C17H23NO3P2/c1-16(2)12-5-6-17(16,9-18)15(19)11(12)7-10-3-4-13(20-22)14(8-10)21-23/h3-4,7-8,12H,5-6,9,18,22-23H2,1-2H3/b11-7-. The summed E-state index contributed by atoms with van der Waals surface area (Å²) in [4.78, 5) is 13.0. The average Bonchev–Trinajstić information content (AvgIpc) is 2.90. The van der Waals surface area contributed by atoms with Crippen LogP contribution in [-0.2, 0) is 4.79 Å². The smallest absolute Gasteiger partial charge is 0.167 e. The molecule has 1 aromatic rings. The van der Waals surface area contributed by atoms with Crippen LogP contribution in [0, 0.1) is 16.7 Å². The number of hydrogen-bond donors (Lipinski definition) is 1. The molecule has 2 fully saturated rings. The van der Waals surface area contributed by atoms with Gasteiger partial charge in [-0.25, -0.2) is 0 Å². The Morgan fingerprint density at radius 1 is 1.30 bits per heavy atom. The minimum atomic E-state index is -0.396. The van der Waals surface area contributed by atoms with Gasteiger partial charge in [0.15, 0.2) is 17.3 Å². The third kappa shape index (κ3) is 2.27. The number of fused-ring (bicyclic) bond motifs is 2. The first-order valence-corrected chi connectivity index (χ1v) is 8.69. The highest BCUT2D eigenvalue weighted by atomic mass is 31.0. The topological polar surface area (TPSA) is 61.6 Å². The molecule has 124 valence electrons. The normalized spacial score (nSPS) is 30.0. The van der Waals surface area contributed by atoms with E-state index in [1.807, 2.05) is 24.3 Å². The van der Waals surface area contributed by atoms with Gasteiger partial charge in [0.05, 0.1) is 24.3 Å². The van der Waals surface area contributed by atoms with E-state index in [1.165, 1.54) is 0 Å². The molecule has 4 nitrogen and oxygen atoms in total. The van der Waals surface area contributed by atoms with E-state index in [0.717, 1.165) is 24.0 Å². The van der Waals surface area contributed by atoms with E-state index in [-0.39, 0.29) is 17.1 Å². The van der Waals surface area contributed by atoms with Crippen molar-refractivity contribution in [3.63, 3.8) is 0 Å². The fourth-order valence-electron chi connectivity index (χ4n) is 4.40. The Balaban J connectivity index is 2.03. The van der Waals surface area contributed by atoms with Crippen molar-refractivity contribution in [3.8, 4) is 11.5 Å². The Morgan fingerprint density at radius 3 is 2.57 bits per heavy atom. The molecule has 6 heteroatoms. The maximum Gasteiger partial charge on any atom is 0.167 e. The fourth-order valence-corrected chi connectivity index (χ4v) is 4.78. The third-order valence-corrected chi connectivity index (χ3v) is 6.44. The van der Waals surface area contributed by atoms with Crippen LogP contribution in [0.3, 0.4) is 0 Å². The number of allylic oxidation sites excluding steroid dienone is 1. The molecule has 2 saturated carbocycles. The van der Waals surface area contributed by atoms with E-state index >= 15 is 0 Å². The second-order valence-electron chi connectivity index (χ2n) is 6.97. The van der Waals surface area contributed by atoms with Crippen molar-refractivity contribution in [1.29, 1.82) is 0 Å². The Hall–Kier alpha value is -0.950. The summed E-state index contributed by atoms with van der Waals surface area (Å²) in [7, 11) is 4.42. The lowest BCUT2D eigenvalue weighted by atomic mass is 9.69. The van der Waals surface area contributed by atoms with E-state index in [4.69, 9.17) is 14.8 Å². The van der Waals surface area contributed by atoms with Crippen molar-refractivity contribution in [2.45, 2.75) is 26.7 Å². The first kappa shape index (κ1) is 16.9. The van der Waals surface area contributed by atoms with Crippen molar-refractivity contribution in [2.75, 3.05) is 6.54 Å². The SMILES string of the molecule is CC1(C)C2CCC1(CN)C(=O)/C2=C\c1ccc(OP)c(OP)c1. The average molecular weight is 351 g/mol. The van der Waals surface area contributed by atoms with Crippen LogP contribution >= 0.6 is 18.9 Å². The highest BCUT2D eigenvalue weighted by Gasteiger charge is 2.65. The van der Waals surface area contributed by atoms with Gasteiger partial charge in [-0.15, -0.1) is 0 Å². The van der Waals surface area contributed by atoms with Gasteiger partial charge < -0.3 is 14.8 Å². The van der Waals surface area contributed by atoms with Crippen LogP contribution in [0.4, 0.5) is 0 Å². The molecular formula is C17H23NO3P2. The molecule has 2 aliphatic carbocycles. The number of ketones is 1. The molecule has 0 aliphatic heterocycles. The van der Waals surface area contributed by atoms with Crippen LogP contribution in [-0.4, -0.2) is 12.3 Å². The number of benzene rings is 1. The molecule has 1 aromatic carbocycles. The zero-order valence-electron chi connectivity index (χ0n) is 13.5. The van der Waals surface area contributed by atoms with Crippen molar-refractivity contribution >= 4 is 30.8 Å². The number of nitrogens with two attached hydrogens (primary N) is 1. The predicted octanol–water partition coefficient (Wildman–Crippen LogP) is 3.37. The largest absolute Gasteiger partial charge is 0.476 e. The molecule has 2 N–H and O–H groups in total. The molecule has 0 radical (unpaired) electrons. The van der Waals surface area contributed by atoms with Crippen LogP contribution in [0.15, 0.2) is 23.8 Å². The maximum atomic E-state index is 13.0. The van der Waals surface area contributed by atoms with E-state index in [0.29, 0.717) is 18.0 Å². The van der Waals surface area contributed by atoms with Crippen LogP contribution < -0.4 is 14.8 Å². The summed E-state index contributed by atoms with van der Waals surface area (Å²) in [6.07, 6.45) is 3.92. The van der Waals surface area contributed by atoms with Gasteiger partial charge in [0.25, 0.3) is 0 Å². The van der Waals surface area contributed by atoms with Gasteiger partial charge in [-0.05, 0) is 47.9 Å². The lowest BCUT2D eigenvalue weighted by Gasteiger charge is -2.34. The monoisotopic (exact) mass is 351 g/mol. The summed E-state index contributed by atoms with van der Waals surface area (Å²) >= 11 is 0. The van der Waals surface area contributed by atoms with Gasteiger partial charge in [0.1, 0.15) is 0 Å². The second-order valence-corrected chi connectivity index (χ2v) is 7.44. The van der Waals surface area contributed by atoms with Crippen LogP contribution in [0.2, 0.25) is 0 Å². The summed E-state index contributed by atoms with van der Waals surface area (Å²) in [6, 6.07) is 5.64. The molecule has 3 rings (SSSR count). The Labute approximate surface area is 141 Å². The van der Waals surface area contributed by atoms with E-state index < -0.39 is 5.41 Å². The molecule has 2 bridgehead atoms. The van der Waals surface area contributed by atoms with Crippen LogP contribution in [0.5, 0.6) is 11.5 Å². The minimum Gasteiger partial charge on any atom is -0.476 e. The molecule has 23 heavy (non-hydrogen) atoms. The van der Waals surface area contributed by atoms with Crippen LogP contribution in [0.1, 0.15) is 32.3 Å². The Bertz CT molecular complexity index is 686. The van der Waals surface area contributed by atoms with E-state index in [2.05, 4.69) is 32.8 Å². The summed E-state index contributed by atoms with van der Waals surface area (Å²) in [5, 5.41) is 0. The third-order valence-electron chi connectivity index (χ3n) is 5.93. The minimum absolute atomic E-state index is 0.0757. The van der Waals surface area contributed by atoms with Crippen LogP contribution in [0.25, 0.3) is 6.08 Å². The summed E-state index contributed by atoms with van der Waals surface area (Å²) < 4.78 is 10.4. The molecule has 4 atom stereocenters. The molecule has 2 aliphatic rings. The van der Waals surface area contributed by atoms with Gasteiger partial charge in [0.2, 0.25) is 0 Å². The van der Waals surface area contributed by atoms with Gasteiger partial charge in [-0.1, -0.05) is 19.9 Å². The number of rotatable bonds is 4. The summed E-state index contributed by atoms with van der Waals surface area (Å²) in [5.41, 5.74) is 7.39. The molecule has 0 spiro atoms. The van der Waals surface area contributed by atoms with Gasteiger partial charge in [-0.3, -0.25) is 4.79 Å². The summed E-state index contributed by atoms with van der Waals surface area (Å²) in [5.74, 6) is 1.74. The fraction of sp³-hybridized carbons (Fsp3) is 0.471. The van der Waals surface area contributed by atoms with Crippen molar-refractivity contribution in [1.82, 2.24) is 0 Å². The zero-order chi connectivity index (χ0) is 16.8. The number of carbonyl (C=O) groups is 1. The van der Waals surface area contributed by atoms with Crippen molar-refractivity contribution in [3.05, 3.63) is 29.3 Å². The zero-order valence-corrected chi connectivity index (χ0v) is 15.8. The second kappa shape index (κ2) is 5.84. The number of carbonyl (C=O) groups excluding carboxylic acids is 1. The van der Waals surface area contributed by atoms with Gasteiger partial charge in [-0.2, -0.15) is 0 Å². The Kier molecular flexibility index (Phi) is 4.29. The summed E-state index contributed by atoms with van der Waals surface area (Å²) in [6.45, 7) is 4.78. The quantitative estimate of drug-likeness (QED) is 0.667. The molecule has 0 saturated heterocycles. The first-order chi connectivity index (χ1) is 10.9. The maximum absolute atomic E-state index is 13.0.